The molecule has 1 aromatic rings. The van der Waals surface area contributed by atoms with Gasteiger partial charge in [-0.3, -0.25) is 4.79 Å². The normalized spacial score (nSPS) is 26.5. The van der Waals surface area contributed by atoms with E-state index < -0.39 is 5.60 Å². The first-order chi connectivity index (χ1) is 7.12. The number of Topliss-reactive ketones (excluding diaryl/α,β-unsaturated/α-hetero) is 1. The molecule has 2 heterocycles. The standard InChI is InChI=1S/C9H14N4O2/c1-9(5-3-4-6-15-9)7(14)8-10-12-13(2)11-8/h3-6H2,1-2H3. The van der Waals surface area contributed by atoms with Crippen molar-refractivity contribution in [2.75, 3.05) is 6.61 Å². The summed E-state index contributed by atoms with van der Waals surface area (Å²) in [4.78, 5) is 13.3. The second kappa shape index (κ2) is 3.69. The second-order valence-electron chi connectivity index (χ2n) is 3.97. The Hall–Kier alpha value is -1.30. The number of hydrogen-bond donors (Lipinski definition) is 0. The van der Waals surface area contributed by atoms with Gasteiger partial charge in [-0.25, -0.2) is 0 Å². The third kappa shape index (κ3) is 1.90. The highest BCUT2D eigenvalue weighted by Gasteiger charge is 2.38. The molecule has 6 nitrogen and oxygen atoms in total. The molecule has 0 amide bonds. The Morgan fingerprint density at radius 1 is 1.53 bits per heavy atom. The monoisotopic (exact) mass is 210 g/mol. The number of hydrogen-bond acceptors (Lipinski definition) is 5. The van der Waals surface area contributed by atoms with Gasteiger partial charge in [0.15, 0.2) is 0 Å². The topological polar surface area (TPSA) is 69.9 Å². The molecule has 82 valence electrons. The number of ether oxygens (including phenoxy) is 1. The molecule has 1 atom stereocenters. The van der Waals surface area contributed by atoms with Crippen molar-refractivity contribution in [1.82, 2.24) is 20.2 Å². The Morgan fingerprint density at radius 3 is 2.87 bits per heavy atom. The fourth-order valence-electron chi connectivity index (χ4n) is 1.72. The lowest BCUT2D eigenvalue weighted by Crippen LogP contribution is -2.41. The smallest absolute Gasteiger partial charge is 0.243 e. The van der Waals surface area contributed by atoms with E-state index in [2.05, 4.69) is 15.4 Å². The van der Waals surface area contributed by atoms with Crippen LogP contribution in [-0.2, 0) is 11.8 Å². The highest BCUT2D eigenvalue weighted by Crippen LogP contribution is 2.26. The fraction of sp³-hybridized carbons (Fsp3) is 0.778. The molecule has 15 heavy (non-hydrogen) atoms. The molecular formula is C9H14N4O2. The second-order valence-corrected chi connectivity index (χ2v) is 3.97. The highest BCUT2D eigenvalue weighted by atomic mass is 16.5. The lowest BCUT2D eigenvalue weighted by Gasteiger charge is -2.31. The Balaban J connectivity index is 2.19. The maximum absolute atomic E-state index is 12.0. The Morgan fingerprint density at radius 2 is 2.33 bits per heavy atom. The van der Waals surface area contributed by atoms with Crippen LogP contribution in [0.25, 0.3) is 0 Å². The van der Waals surface area contributed by atoms with Crippen LogP contribution in [0.2, 0.25) is 0 Å². The molecule has 2 rings (SSSR count). The number of rotatable bonds is 2. The van der Waals surface area contributed by atoms with Crippen LogP contribution in [-0.4, -0.2) is 38.2 Å². The van der Waals surface area contributed by atoms with Gasteiger partial charge >= 0.3 is 0 Å². The van der Waals surface area contributed by atoms with Crippen LogP contribution in [0.4, 0.5) is 0 Å². The van der Waals surface area contributed by atoms with Gasteiger partial charge in [0.25, 0.3) is 0 Å². The molecule has 1 unspecified atom stereocenters. The summed E-state index contributed by atoms with van der Waals surface area (Å²) in [6, 6.07) is 0. The summed E-state index contributed by atoms with van der Waals surface area (Å²) in [5.41, 5.74) is -0.763. The highest BCUT2D eigenvalue weighted by molar-refractivity contribution is 5.99. The first kappa shape index (κ1) is 10.2. The van der Waals surface area contributed by atoms with Gasteiger partial charge in [-0.2, -0.15) is 4.80 Å². The van der Waals surface area contributed by atoms with Crippen LogP contribution in [0.3, 0.4) is 0 Å². The molecule has 6 heteroatoms. The minimum atomic E-state index is -0.763. The maximum atomic E-state index is 12.0. The van der Waals surface area contributed by atoms with Crippen molar-refractivity contribution in [2.45, 2.75) is 31.8 Å². The van der Waals surface area contributed by atoms with Crippen LogP contribution in [0.5, 0.6) is 0 Å². The van der Waals surface area contributed by atoms with E-state index in [0.29, 0.717) is 6.61 Å². The molecule has 1 aromatic heterocycles. The van der Waals surface area contributed by atoms with Gasteiger partial charge in [-0.05, 0) is 31.4 Å². The Bertz CT molecular complexity index is 368. The lowest BCUT2D eigenvalue weighted by molar-refractivity contribution is -0.0432. The van der Waals surface area contributed by atoms with Gasteiger partial charge < -0.3 is 4.74 Å². The molecule has 1 aliphatic heterocycles. The Kier molecular flexibility index (Phi) is 2.52. The maximum Gasteiger partial charge on any atom is 0.243 e. The van der Waals surface area contributed by atoms with Crippen molar-refractivity contribution in [1.29, 1.82) is 0 Å². The third-order valence-corrected chi connectivity index (χ3v) is 2.66. The number of carbonyl (C=O) groups is 1. The molecule has 0 saturated carbocycles. The SMILES string of the molecule is Cn1nnc(C(=O)C2(C)CCCCO2)n1. The van der Waals surface area contributed by atoms with Crippen molar-refractivity contribution in [2.24, 2.45) is 7.05 Å². The first-order valence-electron chi connectivity index (χ1n) is 5.04. The summed E-state index contributed by atoms with van der Waals surface area (Å²) in [5, 5.41) is 11.2. The zero-order chi connectivity index (χ0) is 10.9. The summed E-state index contributed by atoms with van der Waals surface area (Å²) < 4.78 is 5.52. The molecular weight excluding hydrogens is 196 g/mol. The number of nitrogens with zero attached hydrogens (tertiary/aromatic N) is 4. The average molecular weight is 210 g/mol. The van der Waals surface area contributed by atoms with Gasteiger partial charge in [0.2, 0.25) is 11.6 Å². The molecule has 0 N–H and O–H groups in total. The molecule has 0 radical (unpaired) electrons. The van der Waals surface area contributed by atoms with Gasteiger partial charge in [0.05, 0.1) is 7.05 Å². The number of aromatic nitrogens is 4. The van der Waals surface area contributed by atoms with Crippen molar-refractivity contribution < 1.29 is 9.53 Å². The Labute approximate surface area is 87.6 Å². The quantitative estimate of drug-likeness (QED) is 0.659. The predicted octanol–water partition coefficient (Wildman–Crippen LogP) is 0.352. The minimum absolute atomic E-state index is 0.141. The third-order valence-electron chi connectivity index (χ3n) is 2.66. The van der Waals surface area contributed by atoms with E-state index in [-0.39, 0.29) is 11.6 Å². The number of carbonyl (C=O) groups excluding carboxylic acids is 1. The first-order valence-corrected chi connectivity index (χ1v) is 5.04. The predicted molar refractivity (Wildman–Crippen MR) is 51.3 cm³/mol. The number of ketones is 1. The molecule has 1 saturated heterocycles. The molecule has 0 aliphatic carbocycles. The van der Waals surface area contributed by atoms with E-state index in [0.717, 1.165) is 19.3 Å². The van der Waals surface area contributed by atoms with Crippen molar-refractivity contribution >= 4 is 5.78 Å². The van der Waals surface area contributed by atoms with Gasteiger partial charge in [-0.1, -0.05) is 0 Å². The van der Waals surface area contributed by atoms with Gasteiger partial charge in [-0.15, -0.1) is 10.2 Å². The van der Waals surface area contributed by atoms with Crippen LogP contribution < -0.4 is 0 Å². The van der Waals surface area contributed by atoms with Crippen LogP contribution in [0.1, 0.15) is 36.8 Å². The van der Waals surface area contributed by atoms with E-state index in [1.54, 1.807) is 14.0 Å². The van der Waals surface area contributed by atoms with Crippen molar-refractivity contribution in [3.05, 3.63) is 5.82 Å². The summed E-state index contributed by atoms with van der Waals surface area (Å²) in [6.45, 7) is 2.42. The molecule has 0 spiro atoms. The molecule has 1 aliphatic rings. The molecule has 1 fully saturated rings. The molecule has 0 bridgehead atoms. The van der Waals surface area contributed by atoms with E-state index in [1.165, 1.54) is 4.80 Å². The zero-order valence-electron chi connectivity index (χ0n) is 8.93. The van der Waals surface area contributed by atoms with Gasteiger partial charge in [0, 0.05) is 6.61 Å². The summed E-state index contributed by atoms with van der Waals surface area (Å²) >= 11 is 0. The van der Waals surface area contributed by atoms with E-state index in [1.807, 2.05) is 0 Å². The summed E-state index contributed by atoms with van der Waals surface area (Å²) in [6.07, 6.45) is 2.74. The number of tetrazole rings is 1. The summed E-state index contributed by atoms with van der Waals surface area (Å²) in [5.74, 6) is -0.0304. The fourth-order valence-corrected chi connectivity index (χ4v) is 1.72. The lowest BCUT2D eigenvalue weighted by atomic mass is 9.91. The van der Waals surface area contributed by atoms with Crippen LogP contribution >= 0.6 is 0 Å². The van der Waals surface area contributed by atoms with E-state index >= 15 is 0 Å². The molecule has 0 aromatic carbocycles. The van der Waals surface area contributed by atoms with Crippen molar-refractivity contribution in [3.63, 3.8) is 0 Å². The van der Waals surface area contributed by atoms with Crippen molar-refractivity contribution in [3.8, 4) is 0 Å². The van der Waals surface area contributed by atoms with E-state index in [9.17, 15) is 4.79 Å². The van der Waals surface area contributed by atoms with Crippen LogP contribution in [0, 0.1) is 0 Å². The van der Waals surface area contributed by atoms with Gasteiger partial charge in [0.1, 0.15) is 5.60 Å². The van der Waals surface area contributed by atoms with E-state index in [4.69, 9.17) is 4.74 Å². The van der Waals surface area contributed by atoms with Crippen LogP contribution in [0.15, 0.2) is 0 Å². The summed E-state index contributed by atoms with van der Waals surface area (Å²) in [7, 11) is 1.63. The minimum Gasteiger partial charge on any atom is -0.367 e. The largest absolute Gasteiger partial charge is 0.367 e. The number of aryl methyl sites for hydroxylation is 1. The average Bonchev–Trinajstić information content (AvgIpc) is 2.65. The zero-order valence-corrected chi connectivity index (χ0v) is 8.93.